The molecule has 2 rings (SSSR count). The lowest BCUT2D eigenvalue weighted by Crippen LogP contribution is -2.08. The van der Waals surface area contributed by atoms with Crippen molar-refractivity contribution in [2.75, 3.05) is 7.11 Å². The van der Waals surface area contributed by atoms with Gasteiger partial charge in [-0.1, -0.05) is 34.4 Å². The Bertz CT molecular complexity index is 569. The van der Waals surface area contributed by atoms with E-state index in [-0.39, 0.29) is 0 Å². The summed E-state index contributed by atoms with van der Waals surface area (Å²) in [6.45, 7) is 0.655. The maximum atomic E-state index is 6.00. The zero-order chi connectivity index (χ0) is 13.7. The number of aryl methyl sites for hydroxylation is 1. The summed E-state index contributed by atoms with van der Waals surface area (Å²) in [7, 11) is 1.51. The van der Waals surface area contributed by atoms with E-state index in [1.807, 2.05) is 6.07 Å². The fraction of sp³-hybridized carbons (Fsp3) is 0.250. The van der Waals surface area contributed by atoms with Crippen molar-refractivity contribution in [1.82, 2.24) is 14.8 Å². The van der Waals surface area contributed by atoms with Gasteiger partial charge in [-0.05, 0) is 12.1 Å². The van der Waals surface area contributed by atoms with Crippen LogP contribution in [0.3, 0.4) is 0 Å². The number of nitrogens with zero attached hydrogens (tertiary/aromatic N) is 4. The standard InChI is InChI=1S/C12H12Cl2N4O/c1-19-17-12(4-5-18-8-15-7-16-18)9-2-3-10(13)11(14)6-9/h2-3,6-8H,4-5H2,1H3/b17-12-. The number of aromatic nitrogens is 3. The number of hydrogen-bond donors (Lipinski definition) is 0. The van der Waals surface area contributed by atoms with E-state index in [0.29, 0.717) is 23.0 Å². The molecule has 1 heterocycles. The largest absolute Gasteiger partial charge is 0.399 e. The summed E-state index contributed by atoms with van der Waals surface area (Å²) in [6, 6.07) is 5.36. The van der Waals surface area contributed by atoms with E-state index < -0.39 is 0 Å². The molecule has 0 unspecified atom stereocenters. The molecule has 0 aliphatic heterocycles. The summed E-state index contributed by atoms with van der Waals surface area (Å²) < 4.78 is 1.72. The maximum Gasteiger partial charge on any atom is 0.137 e. The fourth-order valence-electron chi connectivity index (χ4n) is 1.60. The van der Waals surface area contributed by atoms with E-state index in [2.05, 4.69) is 15.2 Å². The van der Waals surface area contributed by atoms with Crippen LogP contribution in [0, 0.1) is 0 Å². The first-order valence-electron chi connectivity index (χ1n) is 5.58. The molecular weight excluding hydrogens is 287 g/mol. The predicted molar refractivity (Wildman–Crippen MR) is 74.6 cm³/mol. The van der Waals surface area contributed by atoms with Crippen molar-refractivity contribution in [1.29, 1.82) is 0 Å². The number of halogens is 2. The molecule has 0 spiro atoms. The first-order valence-corrected chi connectivity index (χ1v) is 6.34. The van der Waals surface area contributed by atoms with Gasteiger partial charge in [0.2, 0.25) is 0 Å². The van der Waals surface area contributed by atoms with Gasteiger partial charge in [0, 0.05) is 18.5 Å². The van der Waals surface area contributed by atoms with Crippen molar-refractivity contribution in [2.45, 2.75) is 13.0 Å². The van der Waals surface area contributed by atoms with E-state index in [1.165, 1.54) is 13.4 Å². The van der Waals surface area contributed by atoms with Gasteiger partial charge in [0.05, 0.1) is 15.8 Å². The molecule has 0 amide bonds. The molecule has 7 heteroatoms. The van der Waals surface area contributed by atoms with E-state index in [1.54, 1.807) is 23.1 Å². The zero-order valence-corrected chi connectivity index (χ0v) is 11.8. The van der Waals surface area contributed by atoms with Crippen molar-refractivity contribution < 1.29 is 4.84 Å². The molecule has 1 aromatic heterocycles. The van der Waals surface area contributed by atoms with E-state index in [4.69, 9.17) is 28.0 Å². The molecule has 19 heavy (non-hydrogen) atoms. The minimum atomic E-state index is 0.490. The van der Waals surface area contributed by atoms with Gasteiger partial charge in [0.15, 0.2) is 0 Å². The van der Waals surface area contributed by atoms with Gasteiger partial charge in [-0.3, -0.25) is 4.68 Å². The van der Waals surface area contributed by atoms with Gasteiger partial charge < -0.3 is 4.84 Å². The topological polar surface area (TPSA) is 52.3 Å². The third kappa shape index (κ3) is 3.68. The van der Waals surface area contributed by atoms with Crippen LogP contribution in [0.25, 0.3) is 0 Å². The molecule has 0 atom stereocenters. The third-order valence-electron chi connectivity index (χ3n) is 2.50. The van der Waals surface area contributed by atoms with Crippen LogP contribution in [0.5, 0.6) is 0 Å². The molecule has 0 radical (unpaired) electrons. The molecule has 5 nitrogen and oxygen atoms in total. The van der Waals surface area contributed by atoms with Crippen LogP contribution in [0.1, 0.15) is 12.0 Å². The van der Waals surface area contributed by atoms with Crippen molar-refractivity contribution in [2.24, 2.45) is 5.16 Å². The summed E-state index contributed by atoms with van der Waals surface area (Å²) in [5.74, 6) is 0. The molecule has 2 aromatic rings. The molecule has 0 aliphatic carbocycles. The molecule has 1 aromatic carbocycles. The Morgan fingerprint density at radius 1 is 1.37 bits per heavy atom. The van der Waals surface area contributed by atoms with E-state index in [9.17, 15) is 0 Å². The van der Waals surface area contributed by atoms with Crippen molar-refractivity contribution >= 4 is 28.9 Å². The number of rotatable bonds is 5. The summed E-state index contributed by atoms with van der Waals surface area (Å²) in [6.07, 6.45) is 3.79. The lowest BCUT2D eigenvalue weighted by Gasteiger charge is -2.07. The van der Waals surface area contributed by atoms with Crippen LogP contribution >= 0.6 is 23.2 Å². The highest BCUT2D eigenvalue weighted by Crippen LogP contribution is 2.23. The van der Waals surface area contributed by atoms with E-state index in [0.717, 1.165) is 11.3 Å². The van der Waals surface area contributed by atoms with Crippen LogP contribution in [0.4, 0.5) is 0 Å². The van der Waals surface area contributed by atoms with Gasteiger partial charge in [-0.15, -0.1) is 0 Å². The monoisotopic (exact) mass is 298 g/mol. The van der Waals surface area contributed by atoms with E-state index >= 15 is 0 Å². The molecule has 0 fully saturated rings. The molecule has 0 bridgehead atoms. The average molecular weight is 299 g/mol. The van der Waals surface area contributed by atoms with Crippen LogP contribution in [-0.4, -0.2) is 27.6 Å². The van der Waals surface area contributed by atoms with Gasteiger partial charge >= 0.3 is 0 Å². The normalized spacial score (nSPS) is 11.6. The van der Waals surface area contributed by atoms with Crippen molar-refractivity contribution in [3.63, 3.8) is 0 Å². The minimum absolute atomic E-state index is 0.490. The minimum Gasteiger partial charge on any atom is -0.399 e. The highest BCUT2D eigenvalue weighted by molar-refractivity contribution is 6.42. The Balaban J connectivity index is 2.15. The zero-order valence-electron chi connectivity index (χ0n) is 10.3. The maximum absolute atomic E-state index is 6.00. The fourth-order valence-corrected chi connectivity index (χ4v) is 1.90. The van der Waals surface area contributed by atoms with Crippen LogP contribution in [0.15, 0.2) is 36.0 Å². The summed E-state index contributed by atoms with van der Waals surface area (Å²) in [5, 5.41) is 9.06. The lowest BCUT2D eigenvalue weighted by molar-refractivity contribution is 0.212. The summed E-state index contributed by atoms with van der Waals surface area (Å²) in [4.78, 5) is 8.75. The van der Waals surface area contributed by atoms with Crippen LogP contribution in [0.2, 0.25) is 10.0 Å². The number of benzene rings is 1. The first-order chi connectivity index (χ1) is 9.20. The molecule has 0 aliphatic rings. The highest BCUT2D eigenvalue weighted by Gasteiger charge is 2.08. The van der Waals surface area contributed by atoms with Crippen LogP contribution < -0.4 is 0 Å². The Hall–Kier alpha value is -1.59. The highest BCUT2D eigenvalue weighted by atomic mass is 35.5. The summed E-state index contributed by atoms with van der Waals surface area (Å²) >= 11 is 11.9. The molecule has 100 valence electrons. The molecule has 0 saturated carbocycles. The van der Waals surface area contributed by atoms with Crippen molar-refractivity contribution in [3.8, 4) is 0 Å². The second-order valence-corrected chi connectivity index (χ2v) is 4.57. The van der Waals surface area contributed by atoms with Gasteiger partial charge in [0.25, 0.3) is 0 Å². The Kier molecular flexibility index (Phi) is 4.76. The second-order valence-electron chi connectivity index (χ2n) is 3.76. The first kappa shape index (κ1) is 13.8. The Labute approximate surface area is 120 Å². The lowest BCUT2D eigenvalue weighted by atomic mass is 10.1. The molecular formula is C12H12Cl2N4O. The second kappa shape index (κ2) is 6.54. The SMILES string of the molecule is CO/N=C(/CCn1cncn1)c1ccc(Cl)c(Cl)c1. The average Bonchev–Trinajstić information content (AvgIpc) is 2.91. The van der Waals surface area contributed by atoms with Gasteiger partial charge in [-0.2, -0.15) is 5.10 Å². The predicted octanol–water partition coefficient (Wildman–Crippen LogP) is 3.03. The third-order valence-corrected chi connectivity index (χ3v) is 3.24. The molecule has 0 saturated heterocycles. The summed E-state index contributed by atoms with van der Waals surface area (Å²) in [5.41, 5.74) is 1.65. The van der Waals surface area contributed by atoms with Crippen LogP contribution in [-0.2, 0) is 11.4 Å². The Morgan fingerprint density at radius 2 is 2.21 bits per heavy atom. The number of hydrogen-bond acceptors (Lipinski definition) is 4. The van der Waals surface area contributed by atoms with Gasteiger partial charge in [0.1, 0.15) is 19.8 Å². The number of oxime groups is 1. The Morgan fingerprint density at radius 3 is 2.84 bits per heavy atom. The smallest absolute Gasteiger partial charge is 0.137 e. The van der Waals surface area contributed by atoms with Gasteiger partial charge in [-0.25, -0.2) is 4.98 Å². The molecule has 0 N–H and O–H groups in total. The quantitative estimate of drug-likeness (QED) is 0.630. The van der Waals surface area contributed by atoms with Crippen molar-refractivity contribution in [3.05, 3.63) is 46.5 Å².